The zero-order valence-corrected chi connectivity index (χ0v) is 43.6. The SMILES string of the molecule is CN1CCN(C)C1=NP(=O)(OCC1OCCC1OP(=O)(N=C1N(C)CCN1C)OCC1OCCC1OP(=O)(N=C1N(C)CCN1C)OCCCOP(=O)(O)OC(C)(C)C)OC1CCOC1CO. The number of aliphatic hydroxyl groups is 1. The molecule has 0 aromatic rings. The van der Waals surface area contributed by atoms with Crippen LogP contribution in [0.25, 0.3) is 0 Å². The van der Waals surface area contributed by atoms with Crippen LogP contribution >= 0.6 is 31.1 Å². The Balaban J connectivity index is 1.16. The molecule has 10 atom stereocenters. The summed E-state index contributed by atoms with van der Waals surface area (Å²) in [6.07, 6.45) is -4.21. The highest BCUT2D eigenvalue weighted by Gasteiger charge is 2.45. The third-order valence-electron chi connectivity index (χ3n) is 11.4. The van der Waals surface area contributed by atoms with Gasteiger partial charge < -0.3 is 53.6 Å². The highest BCUT2D eigenvalue weighted by Crippen LogP contribution is 2.57. The summed E-state index contributed by atoms with van der Waals surface area (Å²) in [5.74, 6) is 1.13. The molecule has 26 nitrogen and oxygen atoms in total. The first-order valence-electron chi connectivity index (χ1n) is 22.5. The molecule has 2 N–H and O–H groups in total. The van der Waals surface area contributed by atoms with Gasteiger partial charge in [-0.05, 0) is 27.2 Å². The van der Waals surface area contributed by atoms with Gasteiger partial charge in [-0.2, -0.15) is 0 Å². The number of guanidine groups is 3. The first kappa shape index (κ1) is 54.5. The summed E-state index contributed by atoms with van der Waals surface area (Å²) in [6.45, 7) is 7.71. The number of aliphatic hydroxyl groups excluding tert-OH is 1. The van der Waals surface area contributed by atoms with Crippen LogP contribution in [-0.2, 0) is 68.7 Å². The molecule has 0 aromatic carbocycles. The van der Waals surface area contributed by atoms with Gasteiger partial charge in [-0.3, -0.25) is 36.2 Å². The van der Waals surface area contributed by atoms with Gasteiger partial charge in [-0.1, -0.05) is 0 Å². The predicted molar refractivity (Wildman–Crippen MR) is 245 cm³/mol. The molecule has 6 fully saturated rings. The zero-order chi connectivity index (χ0) is 48.8. The van der Waals surface area contributed by atoms with E-state index in [1.54, 1.807) is 58.8 Å². The van der Waals surface area contributed by atoms with Crippen molar-refractivity contribution in [1.29, 1.82) is 0 Å². The smallest absolute Gasteiger partial charge is 0.394 e. The molecular weight excluding hydrogens is 966 g/mol. The Morgan fingerprint density at radius 2 is 0.881 bits per heavy atom. The minimum Gasteiger partial charge on any atom is -0.394 e. The Bertz CT molecular complexity index is 1930. The van der Waals surface area contributed by atoms with Crippen molar-refractivity contribution < 1.29 is 78.7 Å². The van der Waals surface area contributed by atoms with E-state index in [1.165, 1.54) is 0 Å². The number of likely N-dealkylation sites (N-methyl/N-ethyl adjacent to an activating group) is 6. The molecule has 0 aliphatic carbocycles. The van der Waals surface area contributed by atoms with Crippen molar-refractivity contribution in [3.05, 3.63) is 0 Å². The van der Waals surface area contributed by atoms with E-state index in [2.05, 4.69) is 14.3 Å². The fraction of sp³-hybridized carbons (Fsp3) is 0.919. The molecule has 6 aliphatic rings. The van der Waals surface area contributed by atoms with Crippen molar-refractivity contribution >= 4 is 48.9 Å². The van der Waals surface area contributed by atoms with Gasteiger partial charge in [0, 0.05) is 121 Å². The number of hydrogen-bond acceptors (Lipinski definition) is 16. The van der Waals surface area contributed by atoms with Crippen LogP contribution in [0.15, 0.2) is 14.3 Å². The summed E-state index contributed by atoms with van der Waals surface area (Å²) in [6, 6.07) is 0. The molecule has 0 aromatic heterocycles. The van der Waals surface area contributed by atoms with Crippen molar-refractivity contribution in [2.24, 2.45) is 14.3 Å². The summed E-state index contributed by atoms with van der Waals surface area (Å²) < 4.78 is 134. The van der Waals surface area contributed by atoms with Gasteiger partial charge in [0.2, 0.25) is 17.9 Å². The highest BCUT2D eigenvalue weighted by atomic mass is 31.2. The lowest BCUT2D eigenvalue weighted by atomic mass is 10.2. The summed E-state index contributed by atoms with van der Waals surface area (Å²) in [4.78, 5) is 21.0. The number of ether oxygens (including phenoxy) is 3. The number of hydrogen-bond donors (Lipinski definition) is 2. The zero-order valence-electron chi connectivity index (χ0n) is 40.0. The minimum absolute atomic E-state index is 0.0451. The second-order valence-electron chi connectivity index (χ2n) is 18.1. The number of nitrogens with zero attached hydrogens (tertiary/aromatic N) is 9. The van der Waals surface area contributed by atoms with E-state index in [-0.39, 0.29) is 65.5 Å². The fourth-order valence-electron chi connectivity index (χ4n) is 7.78. The Morgan fingerprint density at radius 3 is 1.24 bits per heavy atom. The Hall–Kier alpha value is -1.79. The van der Waals surface area contributed by atoms with Crippen LogP contribution in [-0.4, -0.2) is 234 Å². The van der Waals surface area contributed by atoms with Gasteiger partial charge in [-0.15, -0.1) is 14.3 Å². The van der Waals surface area contributed by atoms with Gasteiger partial charge in [0.1, 0.15) is 18.3 Å². The van der Waals surface area contributed by atoms with Gasteiger partial charge >= 0.3 is 31.1 Å². The molecule has 6 saturated heterocycles. The second-order valence-corrected chi connectivity index (χ2v) is 24.3. The van der Waals surface area contributed by atoms with Gasteiger partial charge in [0.15, 0.2) is 0 Å². The van der Waals surface area contributed by atoms with E-state index in [9.17, 15) is 28.3 Å². The summed E-state index contributed by atoms with van der Waals surface area (Å²) in [5, 5.41) is 9.88. The molecule has 386 valence electrons. The summed E-state index contributed by atoms with van der Waals surface area (Å²) in [7, 11) is -6.62. The maximum absolute atomic E-state index is 15.0. The Kier molecular flexibility index (Phi) is 18.9. The number of phosphoric ester groups is 1. The summed E-state index contributed by atoms with van der Waals surface area (Å²) in [5.41, 5.74) is -0.928. The van der Waals surface area contributed by atoms with E-state index in [0.29, 0.717) is 70.2 Å². The Labute approximate surface area is 393 Å². The van der Waals surface area contributed by atoms with E-state index in [0.717, 1.165) is 0 Å². The summed E-state index contributed by atoms with van der Waals surface area (Å²) >= 11 is 0. The van der Waals surface area contributed by atoms with Gasteiger partial charge in [0.05, 0.1) is 56.9 Å². The molecule has 6 heterocycles. The lowest BCUT2D eigenvalue weighted by molar-refractivity contribution is -0.0127. The standard InChI is InChI=1S/C37H71N9O17P4/c1-37(2,3)63-67(51,52)57-21-10-20-56-64(48,38-34-41(4)14-15-42(34)5)61-29-12-23-54-32(29)26-59-66(50,40-36-45(8)18-19-46(36)9)62-30-13-24-55-33(30)27-58-65(49,39-35-43(6)16-17-44(35)7)60-28-11-22-53-31(28)25-47/h28-33,47H,10-27H2,1-9H3,(H,51,52). The van der Waals surface area contributed by atoms with Crippen molar-refractivity contribution in [2.75, 3.05) is 134 Å². The Morgan fingerprint density at radius 1 is 0.552 bits per heavy atom. The van der Waals surface area contributed by atoms with Crippen LogP contribution < -0.4 is 0 Å². The average molecular weight is 1040 g/mol. The van der Waals surface area contributed by atoms with Crippen LogP contribution in [0.4, 0.5) is 0 Å². The van der Waals surface area contributed by atoms with Crippen LogP contribution in [0.5, 0.6) is 0 Å². The predicted octanol–water partition coefficient (Wildman–Crippen LogP) is 2.90. The minimum atomic E-state index is -4.45. The van der Waals surface area contributed by atoms with Crippen molar-refractivity contribution in [3.8, 4) is 0 Å². The second kappa shape index (κ2) is 23.2. The molecule has 67 heavy (non-hydrogen) atoms. The molecule has 0 saturated carbocycles. The van der Waals surface area contributed by atoms with Crippen LogP contribution in [0.1, 0.15) is 46.5 Å². The molecule has 0 radical (unpaired) electrons. The topological polar surface area (TPSA) is 267 Å². The van der Waals surface area contributed by atoms with E-state index in [1.807, 2.05) is 33.7 Å². The first-order valence-corrected chi connectivity index (χ1v) is 28.5. The lowest BCUT2D eigenvalue weighted by Gasteiger charge is -2.28. The van der Waals surface area contributed by atoms with Crippen molar-refractivity contribution in [2.45, 2.75) is 88.7 Å². The maximum atomic E-state index is 15.0. The molecule has 0 amide bonds. The van der Waals surface area contributed by atoms with Gasteiger partial charge in [-0.25, -0.2) is 18.3 Å². The molecule has 6 aliphatic heterocycles. The monoisotopic (exact) mass is 1040 g/mol. The normalized spacial score (nSPS) is 29.8. The van der Waals surface area contributed by atoms with E-state index >= 15 is 0 Å². The van der Waals surface area contributed by atoms with Crippen molar-refractivity contribution in [1.82, 2.24) is 29.4 Å². The third-order valence-corrected chi connectivity index (χ3v) is 17.1. The van der Waals surface area contributed by atoms with Crippen LogP contribution in [0.2, 0.25) is 0 Å². The molecule has 30 heteroatoms. The lowest BCUT2D eigenvalue weighted by Crippen LogP contribution is -2.33. The van der Waals surface area contributed by atoms with Crippen LogP contribution in [0, 0.1) is 0 Å². The first-order chi connectivity index (χ1) is 31.5. The highest BCUT2D eigenvalue weighted by molar-refractivity contribution is 7.53. The maximum Gasteiger partial charge on any atom is 0.472 e. The molecule has 0 bridgehead atoms. The van der Waals surface area contributed by atoms with Crippen molar-refractivity contribution in [3.63, 3.8) is 0 Å². The van der Waals surface area contributed by atoms with Gasteiger partial charge in [0.25, 0.3) is 0 Å². The molecule has 0 spiro atoms. The largest absolute Gasteiger partial charge is 0.472 e. The number of rotatable bonds is 23. The van der Waals surface area contributed by atoms with E-state index in [4.69, 9.17) is 50.4 Å². The van der Waals surface area contributed by atoms with E-state index < -0.39 is 73.3 Å². The third kappa shape index (κ3) is 15.4. The van der Waals surface area contributed by atoms with Crippen LogP contribution in [0.3, 0.4) is 0 Å². The average Bonchev–Trinajstić information content (AvgIpc) is 4.13. The molecule has 10 unspecified atom stereocenters. The fourth-order valence-corrected chi connectivity index (χ4v) is 13.7. The molecule has 6 rings (SSSR count). The quantitative estimate of drug-likeness (QED) is 0.110. The molecular formula is C37H71N9O17P4. The number of phosphoric acid groups is 1.